The minimum Gasteiger partial charge on any atom is -0.497 e. The van der Waals surface area contributed by atoms with Gasteiger partial charge in [-0.2, -0.15) is 5.10 Å². The zero-order chi connectivity index (χ0) is 33.3. The topological polar surface area (TPSA) is 122 Å². The highest BCUT2D eigenvalue weighted by molar-refractivity contribution is 6.05. The molecule has 0 spiro atoms. The number of pyridine rings is 1. The third kappa shape index (κ3) is 6.74. The van der Waals surface area contributed by atoms with E-state index in [2.05, 4.69) is 36.4 Å². The van der Waals surface area contributed by atoms with Crippen molar-refractivity contribution in [1.82, 2.24) is 19.7 Å². The van der Waals surface area contributed by atoms with Crippen LogP contribution in [-0.4, -0.2) is 63.0 Å². The predicted octanol–water partition coefficient (Wildman–Crippen LogP) is 7.01. The molecule has 1 aliphatic heterocycles. The molecule has 3 aromatic carbocycles. The van der Waals surface area contributed by atoms with E-state index in [-0.39, 0.29) is 17.1 Å². The maximum Gasteiger partial charge on any atom is 0.407 e. The number of amides is 2. The Morgan fingerprint density at radius 3 is 2.43 bits per heavy atom. The molecule has 6 rings (SSSR count). The number of nitrogens with one attached hydrogen (secondary N) is 2. The van der Waals surface area contributed by atoms with Gasteiger partial charge in [0, 0.05) is 30.9 Å². The number of anilines is 2. The summed E-state index contributed by atoms with van der Waals surface area (Å²) in [6.45, 7) is 7.45. The molecule has 47 heavy (non-hydrogen) atoms. The van der Waals surface area contributed by atoms with Crippen molar-refractivity contribution in [3.8, 4) is 16.9 Å². The third-order valence-electron chi connectivity index (χ3n) is 8.47. The van der Waals surface area contributed by atoms with Crippen molar-refractivity contribution >= 4 is 34.5 Å². The number of halogens is 1. The Kier molecular flexibility index (Phi) is 8.55. The SMILES string of the molecule is COc1ccc(Cn2nc(NC3CCN(C(=O)O)C3)c3c(-c4ccc(NC(=O)c5ccc(C(C)(C)C)cc5)c(F)c4)ccnc32)cc1. The fraction of sp³-hybridized carbons (Fsp3) is 0.278. The van der Waals surface area contributed by atoms with Gasteiger partial charge >= 0.3 is 6.09 Å². The largest absolute Gasteiger partial charge is 0.497 e. The van der Waals surface area contributed by atoms with Gasteiger partial charge in [-0.25, -0.2) is 18.9 Å². The Hall–Kier alpha value is -5.45. The normalized spacial score (nSPS) is 14.7. The zero-order valence-corrected chi connectivity index (χ0v) is 26.8. The van der Waals surface area contributed by atoms with Crippen LogP contribution in [0.15, 0.2) is 79.0 Å². The molecule has 1 fully saturated rings. The van der Waals surface area contributed by atoms with Crippen LogP contribution in [0.2, 0.25) is 0 Å². The Balaban J connectivity index is 1.32. The average molecular weight is 637 g/mol. The second-order valence-corrected chi connectivity index (χ2v) is 12.7. The first-order valence-electron chi connectivity index (χ1n) is 15.4. The summed E-state index contributed by atoms with van der Waals surface area (Å²) in [6.07, 6.45) is 1.32. The van der Waals surface area contributed by atoms with E-state index in [1.807, 2.05) is 36.4 Å². The Bertz CT molecular complexity index is 1930. The van der Waals surface area contributed by atoms with Gasteiger partial charge in [-0.05, 0) is 76.6 Å². The standard InChI is InChI=1S/C36H37FN6O4/c1-36(2,3)25-10-7-23(8-11-25)34(44)40-30-14-9-24(19-29(30)37)28-15-17-38-33-31(28)32(39-26-16-18-42(21-26)35(45)46)41-43(33)20-22-5-12-27(47-4)13-6-22/h5-15,17,19,26H,16,18,20-21H2,1-4H3,(H,39,41)(H,40,44)(H,45,46). The van der Waals surface area contributed by atoms with Crippen LogP contribution in [0.5, 0.6) is 5.75 Å². The summed E-state index contributed by atoms with van der Waals surface area (Å²) in [5.74, 6) is 0.290. The zero-order valence-electron chi connectivity index (χ0n) is 26.8. The number of carbonyl (C=O) groups excluding carboxylic acids is 1. The number of hydrogen-bond acceptors (Lipinski definition) is 6. The number of methoxy groups -OCH3 is 1. The lowest BCUT2D eigenvalue weighted by molar-refractivity contribution is 0.102. The van der Waals surface area contributed by atoms with E-state index >= 15 is 4.39 Å². The molecule has 1 atom stereocenters. The molecule has 11 heteroatoms. The lowest BCUT2D eigenvalue weighted by Crippen LogP contribution is -2.30. The number of ether oxygens (including phenoxy) is 1. The van der Waals surface area contributed by atoms with Crippen LogP contribution < -0.4 is 15.4 Å². The number of benzene rings is 3. The van der Waals surface area contributed by atoms with Gasteiger partial charge in [0.1, 0.15) is 11.6 Å². The molecule has 0 aliphatic carbocycles. The van der Waals surface area contributed by atoms with Crippen LogP contribution in [0.3, 0.4) is 0 Å². The van der Waals surface area contributed by atoms with Crippen molar-refractivity contribution in [3.05, 3.63) is 102 Å². The summed E-state index contributed by atoms with van der Waals surface area (Å²) in [7, 11) is 1.61. The van der Waals surface area contributed by atoms with E-state index in [0.717, 1.165) is 16.9 Å². The average Bonchev–Trinajstić information content (AvgIpc) is 3.67. The molecular weight excluding hydrogens is 599 g/mol. The second kappa shape index (κ2) is 12.7. The number of carboxylic acid groups (broad SMARTS) is 1. The van der Waals surface area contributed by atoms with Gasteiger partial charge in [0.05, 0.1) is 24.7 Å². The number of nitrogens with zero attached hydrogens (tertiary/aromatic N) is 4. The highest BCUT2D eigenvalue weighted by atomic mass is 19.1. The van der Waals surface area contributed by atoms with Gasteiger partial charge < -0.3 is 25.4 Å². The first-order valence-corrected chi connectivity index (χ1v) is 15.4. The van der Waals surface area contributed by atoms with E-state index in [9.17, 15) is 14.7 Å². The molecule has 0 bridgehead atoms. The first kappa shape index (κ1) is 31.5. The van der Waals surface area contributed by atoms with Gasteiger partial charge in [-0.15, -0.1) is 0 Å². The van der Waals surface area contributed by atoms with Gasteiger partial charge in [0.2, 0.25) is 0 Å². The molecule has 1 aliphatic rings. The highest BCUT2D eigenvalue weighted by Gasteiger charge is 2.28. The van der Waals surface area contributed by atoms with Crippen molar-refractivity contribution in [2.75, 3.05) is 30.8 Å². The van der Waals surface area contributed by atoms with Gasteiger partial charge in [-0.3, -0.25) is 4.79 Å². The van der Waals surface area contributed by atoms with Crippen molar-refractivity contribution in [1.29, 1.82) is 0 Å². The van der Waals surface area contributed by atoms with E-state index in [1.165, 1.54) is 11.0 Å². The van der Waals surface area contributed by atoms with Gasteiger partial charge in [0.15, 0.2) is 11.5 Å². The van der Waals surface area contributed by atoms with E-state index in [4.69, 9.17) is 9.84 Å². The number of aromatic nitrogens is 3. The number of rotatable bonds is 8. The molecule has 1 saturated heterocycles. The van der Waals surface area contributed by atoms with Gasteiger partial charge in [0.25, 0.3) is 5.91 Å². The Morgan fingerprint density at radius 1 is 1.04 bits per heavy atom. The molecule has 0 saturated carbocycles. The summed E-state index contributed by atoms with van der Waals surface area (Å²) in [5, 5.41) is 21.2. The summed E-state index contributed by atoms with van der Waals surface area (Å²) in [4.78, 5) is 30.5. The summed E-state index contributed by atoms with van der Waals surface area (Å²) < 4.78 is 22.7. The Morgan fingerprint density at radius 2 is 1.79 bits per heavy atom. The van der Waals surface area contributed by atoms with E-state index < -0.39 is 17.8 Å². The lowest BCUT2D eigenvalue weighted by Gasteiger charge is -2.19. The molecule has 2 amide bonds. The lowest BCUT2D eigenvalue weighted by atomic mass is 9.87. The summed E-state index contributed by atoms with van der Waals surface area (Å²) in [5.41, 5.74) is 4.39. The quantitative estimate of drug-likeness (QED) is 0.168. The van der Waals surface area contributed by atoms with Crippen LogP contribution in [0.25, 0.3) is 22.2 Å². The molecule has 0 radical (unpaired) electrons. The Labute approximate surface area is 272 Å². The number of carbonyl (C=O) groups is 2. The van der Waals surface area contributed by atoms with Crippen molar-refractivity contribution in [2.45, 2.75) is 45.2 Å². The molecule has 3 N–H and O–H groups in total. The van der Waals surface area contributed by atoms with Crippen LogP contribution >= 0.6 is 0 Å². The minimum absolute atomic E-state index is 0.0488. The number of likely N-dealkylation sites (tertiary alicyclic amines) is 1. The molecule has 2 aromatic heterocycles. The molecular formula is C36H37FN6O4. The van der Waals surface area contributed by atoms with Gasteiger partial charge in [-0.1, -0.05) is 51.1 Å². The van der Waals surface area contributed by atoms with Crippen molar-refractivity contribution in [2.24, 2.45) is 0 Å². The smallest absolute Gasteiger partial charge is 0.407 e. The highest BCUT2D eigenvalue weighted by Crippen LogP contribution is 2.35. The molecule has 1 unspecified atom stereocenters. The molecule has 242 valence electrons. The van der Waals surface area contributed by atoms with Crippen molar-refractivity contribution < 1.29 is 23.8 Å². The fourth-order valence-corrected chi connectivity index (χ4v) is 5.80. The molecule has 3 heterocycles. The van der Waals surface area contributed by atoms with Crippen LogP contribution in [0.4, 0.5) is 20.7 Å². The monoisotopic (exact) mass is 636 g/mol. The second-order valence-electron chi connectivity index (χ2n) is 12.7. The summed E-state index contributed by atoms with van der Waals surface area (Å²) in [6, 6.07) is 21.3. The predicted molar refractivity (Wildman–Crippen MR) is 180 cm³/mol. The molecule has 5 aromatic rings. The van der Waals surface area contributed by atoms with E-state index in [1.54, 1.807) is 48.3 Å². The minimum atomic E-state index is -0.962. The number of hydrogen-bond donors (Lipinski definition) is 3. The molecule has 10 nitrogen and oxygen atoms in total. The van der Waals surface area contributed by atoms with Crippen LogP contribution in [-0.2, 0) is 12.0 Å². The fourth-order valence-electron chi connectivity index (χ4n) is 5.80. The number of fused-ring (bicyclic) bond motifs is 1. The third-order valence-corrected chi connectivity index (χ3v) is 8.47. The van der Waals surface area contributed by atoms with Crippen LogP contribution in [0.1, 0.15) is 48.7 Å². The van der Waals surface area contributed by atoms with E-state index in [0.29, 0.717) is 59.6 Å². The summed E-state index contributed by atoms with van der Waals surface area (Å²) >= 11 is 0. The maximum atomic E-state index is 15.6. The van der Waals surface area contributed by atoms with Crippen molar-refractivity contribution in [3.63, 3.8) is 0 Å². The first-order chi connectivity index (χ1) is 22.5. The maximum absolute atomic E-state index is 15.6. The van der Waals surface area contributed by atoms with Crippen LogP contribution in [0, 0.1) is 5.82 Å².